The van der Waals surface area contributed by atoms with Crippen LogP contribution in [0.15, 0.2) is 48.5 Å². The minimum absolute atomic E-state index is 0.347. The maximum atomic E-state index is 12.9. The molecule has 1 aliphatic heterocycles. The first-order chi connectivity index (χ1) is 12.6. The van der Waals surface area contributed by atoms with Crippen molar-refractivity contribution in [2.45, 2.75) is 25.4 Å². The van der Waals surface area contributed by atoms with Crippen LogP contribution >= 0.6 is 11.6 Å². The summed E-state index contributed by atoms with van der Waals surface area (Å²) in [7, 11) is 0. The Bertz CT molecular complexity index is 858. The summed E-state index contributed by atoms with van der Waals surface area (Å²) >= 11 is 5.86. The maximum absolute atomic E-state index is 12.9. The van der Waals surface area contributed by atoms with Gasteiger partial charge in [0, 0.05) is 17.1 Å². The van der Waals surface area contributed by atoms with Crippen LogP contribution in [-0.2, 0) is 4.79 Å². The molecule has 1 fully saturated rings. The molecule has 0 N–H and O–H groups in total. The molecule has 1 aliphatic rings. The molecule has 26 heavy (non-hydrogen) atoms. The first-order valence-corrected chi connectivity index (χ1v) is 8.75. The van der Waals surface area contributed by atoms with E-state index in [1.54, 1.807) is 48.5 Å². The van der Waals surface area contributed by atoms with Crippen LogP contribution in [0.25, 0.3) is 0 Å². The van der Waals surface area contributed by atoms with E-state index in [-0.39, 0.29) is 11.8 Å². The molecular weight excluding hydrogens is 352 g/mol. The summed E-state index contributed by atoms with van der Waals surface area (Å²) in [5.74, 6) is -0.389. The lowest BCUT2D eigenvalue weighted by Crippen LogP contribution is -2.44. The van der Waals surface area contributed by atoms with Gasteiger partial charge in [-0.1, -0.05) is 23.7 Å². The number of hydrogen-bond acceptors (Lipinski definition) is 4. The number of benzene rings is 2. The van der Waals surface area contributed by atoms with Gasteiger partial charge in [0.1, 0.15) is 11.8 Å². The van der Waals surface area contributed by atoms with Crippen LogP contribution in [0.2, 0.25) is 5.02 Å². The average molecular weight is 369 g/mol. The van der Waals surface area contributed by atoms with Gasteiger partial charge in [0.05, 0.1) is 5.56 Å². The fraction of sp³-hybridized carbons (Fsp3) is 0.250. The fourth-order valence-corrected chi connectivity index (χ4v) is 3.01. The minimum Gasteiger partial charge on any atom is -0.479 e. The zero-order chi connectivity index (χ0) is 18.5. The Morgan fingerprint density at radius 3 is 2.62 bits per heavy atom. The topological polar surface area (TPSA) is 70.4 Å². The van der Waals surface area contributed by atoms with Gasteiger partial charge in [-0.3, -0.25) is 14.5 Å². The smallest absolute Gasteiger partial charge is 0.270 e. The van der Waals surface area contributed by atoms with Gasteiger partial charge < -0.3 is 4.74 Å². The predicted molar refractivity (Wildman–Crippen MR) is 96.9 cm³/mol. The van der Waals surface area contributed by atoms with Crippen molar-refractivity contribution in [3.8, 4) is 11.8 Å². The Labute approximate surface area is 156 Å². The highest BCUT2D eigenvalue weighted by Gasteiger charge is 2.33. The average Bonchev–Trinajstić information content (AvgIpc) is 2.84. The van der Waals surface area contributed by atoms with Crippen molar-refractivity contribution < 1.29 is 14.3 Å². The minimum atomic E-state index is -0.789. The van der Waals surface area contributed by atoms with Gasteiger partial charge >= 0.3 is 0 Å². The predicted octanol–water partition coefficient (Wildman–Crippen LogP) is 3.81. The zero-order valence-electron chi connectivity index (χ0n) is 14.0. The van der Waals surface area contributed by atoms with E-state index in [1.165, 1.54) is 4.90 Å². The van der Waals surface area contributed by atoms with Crippen molar-refractivity contribution in [2.75, 3.05) is 6.54 Å². The lowest BCUT2D eigenvalue weighted by atomic mass is 10.1. The summed E-state index contributed by atoms with van der Waals surface area (Å²) in [6.07, 6.45) is 1.19. The van der Waals surface area contributed by atoms with Crippen LogP contribution < -0.4 is 4.74 Å². The van der Waals surface area contributed by atoms with Crippen LogP contribution in [0.1, 0.15) is 35.2 Å². The fourth-order valence-electron chi connectivity index (χ4n) is 2.88. The molecule has 2 aromatic carbocycles. The van der Waals surface area contributed by atoms with Crippen molar-refractivity contribution in [3.63, 3.8) is 0 Å². The third-order valence-corrected chi connectivity index (χ3v) is 4.50. The molecule has 3 rings (SSSR count). The SMILES string of the molecule is N#Cc1ccccc1OC1CCCCN(C(=O)c2ccc(Cl)cc2)C1=O. The Kier molecular flexibility index (Phi) is 5.55. The Morgan fingerprint density at radius 2 is 1.88 bits per heavy atom. The molecule has 5 nitrogen and oxygen atoms in total. The van der Waals surface area contributed by atoms with Crippen LogP contribution in [0.4, 0.5) is 0 Å². The Hall–Kier alpha value is -2.84. The number of rotatable bonds is 3. The van der Waals surface area contributed by atoms with E-state index in [2.05, 4.69) is 6.07 Å². The molecule has 1 heterocycles. The van der Waals surface area contributed by atoms with E-state index in [0.717, 1.165) is 6.42 Å². The van der Waals surface area contributed by atoms with E-state index < -0.39 is 6.10 Å². The molecule has 2 aromatic rings. The number of hydrogen-bond donors (Lipinski definition) is 0. The van der Waals surface area contributed by atoms with Crippen molar-refractivity contribution in [3.05, 3.63) is 64.7 Å². The zero-order valence-corrected chi connectivity index (χ0v) is 14.8. The van der Waals surface area contributed by atoms with Crippen molar-refractivity contribution >= 4 is 23.4 Å². The molecule has 2 amide bonds. The first kappa shape index (κ1) is 18.0. The summed E-state index contributed by atoms with van der Waals surface area (Å²) in [6, 6.07) is 15.3. The third kappa shape index (κ3) is 3.87. The monoisotopic (exact) mass is 368 g/mol. The summed E-state index contributed by atoms with van der Waals surface area (Å²) in [5.41, 5.74) is 0.765. The second kappa shape index (κ2) is 8.03. The van der Waals surface area contributed by atoms with Gasteiger partial charge in [-0.15, -0.1) is 0 Å². The van der Waals surface area contributed by atoms with Gasteiger partial charge in [0.15, 0.2) is 6.10 Å². The molecule has 0 aromatic heterocycles. The van der Waals surface area contributed by atoms with Gasteiger partial charge in [-0.05, 0) is 55.7 Å². The van der Waals surface area contributed by atoms with Crippen molar-refractivity contribution in [2.24, 2.45) is 0 Å². The molecule has 0 bridgehead atoms. The highest BCUT2D eigenvalue weighted by Crippen LogP contribution is 2.23. The van der Waals surface area contributed by atoms with Crippen LogP contribution in [0, 0.1) is 11.3 Å². The first-order valence-electron chi connectivity index (χ1n) is 8.37. The molecule has 0 aliphatic carbocycles. The highest BCUT2D eigenvalue weighted by atomic mass is 35.5. The van der Waals surface area contributed by atoms with Crippen LogP contribution in [0.5, 0.6) is 5.75 Å². The van der Waals surface area contributed by atoms with Crippen LogP contribution in [0.3, 0.4) is 0 Å². The summed E-state index contributed by atoms with van der Waals surface area (Å²) in [6.45, 7) is 0.347. The normalized spacial score (nSPS) is 17.3. The number of ether oxygens (including phenoxy) is 1. The Balaban J connectivity index is 1.82. The molecule has 1 atom stereocenters. The lowest BCUT2D eigenvalue weighted by molar-refractivity contribution is -0.135. The van der Waals surface area contributed by atoms with Crippen molar-refractivity contribution in [1.82, 2.24) is 4.90 Å². The second-order valence-corrected chi connectivity index (χ2v) is 6.45. The molecule has 6 heteroatoms. The quantitative estimate of drug-likeness (QED) is 0.772. The van der Waals surface area contributed by atoms with Gasteiger partial charge in [0.25, 0.3) is 11.8 Å². The van der Waals surface area contributed by atoms with E-state index in [0.29, 0.717) is 41.3 Å². The molecule has 0 spiro atoms. The van der Waals surface area contributed by atoms with Gasteiger partial charge in [0.2, 0.25) is 0 Å². The number of carbonyl (C=O) groups excluding carboxylic acids is 2. The summed E-state index contributed by atoms with van der Waals surface area (Å²) in [4.78, 5) is 26.9. The molecule has 1 unspecified atom stereocenters. The van der Waals surface area contributed by atoms with Crippen molar-refractivity contribution in [1.29, 1.82) is 5.26 Å². The van der Waals surface area contributed by atoms with Gasteiger partial charge in [-0.2, -0.15) is 5.26 Å². The summed E-state index contributed by atoms with van der Waals surface area (Å²) < 4.78 is 5.82. The number of likely N-dealkylation sites (tertiary alicyclic amines) is 1. The number of nitrogens with zero attached hydrogens (tertiary/aromatic N) is 2. The molecular formula is C20H17ClN2O3. The molecule has 132 valence electrons. The number of para-hydroxylation sites is 1. The molecule has 0 saturated carbocycles. The lowest BCUT2D eigenvalue weighted by Gasteiger charge is -2.23. The molecule has 1 saturated heterocycles. The van der Waals surface area contributed by atoms with E-state index in [1.807, 2.05) is 0 Å². The van der Waals surface area contributed by atoms with Crippen LogP contribution in [-0.4, -0.2) is 29.4 Å². The molecule has 0 radical (unpaired) electrons. The summed E-state index contributed by atoms with van der Waals surface area (Å²) in [5, 5.41) is 9.72. The van der Waals surface area contributed by atoms with E-state index >= 15 is 0 Å². The third-order valence-electron chi connectivity index (χ3n) is 4.25. The number of amides is 2. The van der Waals surface area contributed by atoms with E-state index in [4.69, 9.17) is 16.3 Å². The van der Waals surface area contributed by atoms with E-state index in [9.17, 15) is 14.9 Å². The maximum Gasteiger partial charge on any atom is 0.270 e. The Morgan fingerprint density at radius 1 is 1.15 bits per heavy atom. The number of nitriles is 1. The largest absolute Gasteiger partial charge is 0.479 e. The number of carbonyl (C=O) groups is 2. The standard InChI is InChI=1S/C20H17ClN2O3/c21-16-10-8-14(9-11-16)19(24)23-12-4-3-7-18(20(23)25)26-17-6-2-1-5-15(17)13-22/h1-2,5-6,8-11,18H,3-4,7,12H2. The van der Waals surface area contributed by atoms with Gasteiger partial charge in [-0.25, -0.2) is 0 Å². The number of halogens is 1. The number of imide groups is 1. The highest BCUT2D eigenvalue weighted by molar-refractivity contribution is 6.30. The second-order valence-electron chi connectivity index (χ2n) is 6.01.